The molecule has 17 heteroatoms. The first-order valence-corrected chi connectivity index (χ1v) is 24.8. The molecule has 10 aromatic rings. The minimum absolute atomic E-state index is 0. The van der Waals surface area contributed by atoms with E-state index >= 15 is 0 Å². The summed E-state index contributed by atoms with van der Waals surface area (Å²) in [6, 6.07) is 52.2. The van der Waals surface area contributed by atoms with Gasteiger partial charge in [0.25, 0.3) is 0 Å². The summed E-state index contributed by atoms with van der Waals surface area (Å²) in [4.78, 5) is 36.8. The molecule has 0 saturated carbocycles. The number of aromatic nitrogens is 4. The van der Waals surface area contributed by atoms with Crippen LogP contribution in [-0.2, 0) is 0 Å². The second-order valence-electron chi connectivity index (χ2n) is 16.5. The van der Waals surface area contributed by atoms with Gasteiger partial charge >= 0.3 is 0 Å². The Labute approximate surface area is 463 Å². The monoisotopic (exact) mass is 1130 g/mol. The number of imidazole rings is 2. The van der Waals surface area contributed by atoms with Gasteiger partial charge in [-0.2, -0.15) is 0 Å². The van der Waals surface area contributed by atoms with Crippen molar-refractivity contribution in [3.63, 3.8) is 0 Å². The Morgan fingerprint density at radius 2 is 0.785 bits per heavy atom. The van der Waals surface area contributed by atoms with E-state index in [0.717, 1.165) is 28.3 Å². The molecule has 0 fully saturated rings. The molecule has 5 N–H and O–H groups in total. The minimum atomic E-state index is -0.305. The lowest BCUT2D eigenvalue weighted by atomic mass is 10.1. The van der Waals surface area contributed by atoms with Crippen molar-refractivity contribution in [2.24, 2.45) is 5.73 Å². The molecule has 0 aliphatic rings. The number of hydrogen-bond donors (Lipinski definition) is 4. The molecule has 0 aliphatic carbocycles. The summed E-state index contributed by atoms with van der Waals surface area (Å²) in [5.41, 5.74) is 9.94. The fraction of sp³-hybridized carbons (Fsp3) is 0.0806. The number of Topliss-reactive ketones (excluding diaryl/α,β-unsaturated/α-hetero) is 2. The second kappa shape index (κ2) is 30.8. The molecule has 10 rings (SSSR count). The van der Waals surface area contributed by atoms with E-state index in [-0.39, 0.29) is 48.1 Å². The van der Waals surface area contributed by atoms with E-state index < -0.39 is 0 Å². The molecule has 0 atom stereocenters. The van der Waals surface area contributed by atoms with E-state index in [1.807, 2.05) is 55.5 Å². The number of carbonyl (C=O) groups excluding carboxylic acids is 2. The summed E-state index contributed by atoms with van der Waals surface area (Å²) in [6.45, 7) is 4.95. The Morgan fingerprint density at radius 1 is 0.494 bits per heavy atom. The Balaban J connectivity index is 0.000000189. The van der Waals surface area contributed by atoms with Crippen molar-refractivity contribution in [1.29, 1.82) is 5.41 Å². The van der Waals surface area contributed by atoms with E-state index in [1.165, 1.54) is 62.4 Å². The fourth-order valence-corrected chi connectivity index (χ4v) is 6.81. The maximum atomic E-state index is 12.8. The molecule has 79 heavy (non-hydrogen) atoms. The van der Waals surface area contributed by atoms with Crippen LogP contribution in [0.4, 0.5) is 17.6 Å². The van der Waals surface area contributed by atoms with Crippen molar-refractivity contribution in [2.75, 3.05) is 5.33 Å². The van der Waals surface area contributed by atoms with Crippen LogP contribution in [0.15, 0.2) is 213 Å². The van der Waals surface area contributed by atoms with Gasteiger partial charge in [-0.3, -0.25) is 15.0 Å². The average molecular weight is 1140 g/mol. The zero-order valence-corrected chi connectivity index (χ0v) is 43.8. The van der Waals surface area contributed by atoms with Crippen LogP contribution >= 0.6 is 15.9 Å². The van der Waals surface area contributed by atoms with Crippen LogP contribution < -0.4 is 24.7 Å². The molecule has 2 heterocycles. The highest BCUT2D eigenvalue weighted by Gasteiger charge is 2.07. The van der Waals surface area contributed by atoms with Gasteiger partial charge in [-0.15, -0.1) is 0 Å². The Morgan fingerprint density at radius 3 is 1.05 bits per heavy atom. The topological polar surface area (TPSA) is 178 Å². The van der Waals surface area contributed by atoms with Crippen LogP contribution in [0, 0.1) is 35.6 Å². The number of halogens is 5. The summed E-state index contributed by atoms with van der Waals surface area (Å²) in [5, 5.41) is 6.57. The number of nitrogens with two attached hydrogens (primary N) is 1. The third-order valence-electron chi connectivity index (χ3n) is 10.3. The largest absolute Gasteiger partial charge is 0.457 e. The number of amidine groups is 1. The molecule has 8 aromatic carbocycles. The molecule has 404 valence electrons. The van der Waals surface area contributed by atoms with Crippen LogP contribution in [0.2, 0.25) is 0 Å². The smallest absolute Gasteiger partial charge is 0.173 e. The lowest BCUT2D eigenvalue weighted by Gasteiger charge is -2.06. The van der Waals surface area contributed by atoms with Gasteiger partial charge in [-0.25, -0.2) is 27.5 Å². The first-order valence-electron chi connectivity index (χ1n) is 23.6. The Hall–Kier alpha value is -9.61. The van der Waals surface area contributed by atoms with Gasteiger partial charge in [0.1, 0.15) is 75.1 Å². The van der Waals surface area contributed by atoms with Crippen LogP contribution in [0.3, 0.4) is 0 Å². The number of alkyl halides is 1. The first kappa shape index (κ1) is 60.3. The predicted octanol–water partition coefficient (Wildman–Crippen LogP) is 16.9. The van der Waals surface area contributed by atoms with Crippen LogP contribution in [0.1, 0.15) is 47.8 Å². The predicted molar refractivity (Wildman–Crippen MR) is 304 cm³/mol. The van der Waals surface area contributed by atoms with Crippen molar-refractivity contribution in [2.45, 2.75) is 28.2 Å². The van der Waals surface area contributed by atoms with Crippen LogP contribution in [-0.4, -0.2) is 42.7 Å². The summed E-state index contributed by atoms with van der Waals surface area (Å²) in [7, 11) is 0. The van der Waals surface area contributed by atoms with Gasteiger partial charge in [0.2, 0.25) is 0 Å². The number of nitrogens with one attached hydrogen (secondary N) is 3. The van der Waals surface area contributed by atoms with Gasteiger partial charge in [-0.1, -0.05) is 23.4 Å². The van der Waals surface area contributed by atoms with Crippen molar-refractivity contribution in [1.82, 2.24) is 19.9 Å². The first-order chi connectivity index (χ1) is 37.6. The Kier molecular flexibility index (Phi) is 23.5. The molecule has 0 saturated heterocycles. The number of rotatable bonds is 13. The summed E-state index contributed by atoms with van der Waals surface area (Å²) in [5.74, 6) is 4.87. The van der Waals surface area contributed by atoms with E-state index in [1.54, 1.807) is 116 Å². The maximum Gasteiger partial charge on any atom is 0.173 e. The van der Waals surface area contributed by atoms with E-state index in [4.69, 9.17) is 30.1 Å². The summed E-state index contributed by atoms with van der Waals surface area (Å²) >= 11 is 3.11. The molecular weight excluding hydrogens is 1080 g/mol. The highest BCUT2D eigenvalue weighted by Crippen LogP contribution is 2.28. The minimum Gasteiger partial charge on any atom is -0.457 e. The molecule has 0 radical (unpaired) electrons. The number of ketones is 2. The van der Waals surface area contributed by atoms with Gasteiger partial charge in [-0.05, 0) is 226 Å². The van der Waals surface area contributed by atoms with Crippen LogP contribution in [0.5, 0.6) is 46.0 Å². The maximum absolute atomic E-state index is 12.8. The number of carbonyl (C=O) groups is 2. The number of nitrogens with zero attached hydrogens (tertiary/aromatic N) is 2. The summed E-state index contributed by atoms with van der Waals surface area (Å²) < 4.78 is 73.2. The lowest BCUT2D eigenvalue weighted by Crippen LogP contribution is -2.00. The zero-order chi connectivity index (χ0) is 55.8. The number of aromatic amines is 2. The van der Waals surface area contributed by atoms with Gasteiger partial charge in [0, 0.05) is 11.1 Å². The SMILES string of the molecule is C.CC(=N)N.CC(=O)c1ccc(Oc2ccc(F)cc2)cc1.Cc1ncc(-c2ccc(Oc3ccc(F)cc3)cc2)[nH]1.Fc1ccc(Oc2ccc(-c3cnc[nH]3)cc2)cc1.O=C(CBr)c1ccc(Oc2ccc(F)cc2)cc1. The van der Waals surface area contributed by atoms with E-state index in [9.17, 15) is 27.2 Å². The molecule has 0 aliphatic heterocycles. The molecule has 0 bridgehead atoms. The molecular formula is C62H55BrF4N6O6. The number of H-pyrrole nitrogens is 2. The van der Waals surface area contributed by atoms with Crippen molar-refractivity contribution in [3.8, 4) is 68.5 Å². The number of aryl methyl sites for hydroxylation is 1. The molecule has 12 nitrogen and oxygen atoms in total. The van der Waals surface area contributed by atoms with Gasteiger partial charge < -0.3 is 34.6 Å². The van der Waals surface area contributed by atoms with E-state index in [0.29, 0.717) is 62.5 Å². The normalized spacial score (nSPS) is 9.92. The van der Waals surface area contributed by atoms with Crippen molar-refractivity contribution in [3.05, 3.63) is 253 Å². The van der Waals surface area contributed by atoms with Crippen LogP contribution in [0.25, 0.3) is 22.5 Å². The highest BCUT2D eigenvalue weighted by atomic mass is 79.9. The lowest BCUT2D eigenvalue weighted by molar-refractivity contribution is 0.101. The second-order valence-corrected chi connectivity index (χ2v) is 17.0. The van der Waals surface area contributed by atoms with Gasteiger partial charge in [0.15, 0.2) is 11.6 Å². The number of benzene rings is 8. The van der Waals surface area contributed by atoms with E-state index in [2.05, 4.69) is 35.9 Å². The number of ether oxygens (including phenoxy) is 4. The van der Waals surface area contributed by atoms with Crippen molar-refractivity contribution < 1.29 is 46.1 Å². The number of hydrogen-bond acceptors (Lipinski definition) is 9. The highest BCUT2D eigenvalue weighted by molar-refractivity contribution is 9.09. The fourth-order valence-electron chi connectivity index (χ4n) is 6.48. The molecule has 0 spiro atoms. The quantitative estimate of drug-likeness (QED) is 0.0287. The van der Waals surface area contributed by atoms with Gasteiger partial charge in [0.05, 0.1) is 41.3 Å². The average Bonchev–Trinajstić information content (AvgIpc) is 4.16. The Bertz CT molecular complexity index is 3420. The summed E-state index contributed by atoms with van der Waals surface area (Å²) in [6.07, 6.45) is 5.19. The van der Waals surface area contributed by atoms with Crippen molar-refractivity contribution >= 4 is 33.3 Å². The standard InChI is InChI=1S/C16H13FN2O.C15H11FN2O.C14H10BrFO2.C14H11FO2.C2H6N2.CH4/c1-11-18-10-16(19-11)12-2-6-14(7-3-12)20-15-8-4-13(17)5-9-15;16-12-3-7-14(8-4-12)19-13-5-1-11(2-6-13)15-9-17-10-18-15;15-9-14(17)10-1-5-12(6-2-10)18-13-7-3-11(16)4-8-13;1-10(16)11-2-6-13(7-3-11)17-14-8-4-12(15)5-9-14;1-2(3)4;/h2-10H,1H3,(H,18,19);1-10H,(H,17,18);1-8H,9H2;2-9H,1H3;1H3,(H3,3,4);1H4. The third kappa shape index (κ3) is 20.8. The molecule has 0 amide bonds. The molecule has 0 unspecified atom stereocenters. The zero-order valence-electron chi connectivity index (χ0n) is 42.2. The molecule has 2 aromatic heterocycles. The third-order valence-corrected chi connectivity index (χ3v) is 10.8.